The summed E-state index contributed by atoms with van der Waals surface area (Å²) < 4.78 is 0. The van der Waals surface area contributed by atoms with Crippen LogP contribution in [0.15, 0.2) is 0 Å². The topological polar surface area (TPSA) is 49.3 Å². The number of rotatable bonds is 5. The summed E-state index contributed by atoms with van der Waals surface area (Å²) in [4.78, 5) is 10.6. The molecular weight excluding hydrogens is 190 g/mol. The van der Waals surface area contributed by atoms with E-state index in [1.54, 1.807) is 6.92 Å². The van der Waals surface area contributed by atoms with Crippen molar-refractivity contribution in [3.05, 3.63) is 0 Å². The maximum absolute atomic E-state index is 10.6. The van der Waals surface area contributed by atoms with E-state index in [1.807, 2.05) is 0 Å². The van der Waals surface area contributed by atoms with Crippen molar-refractivity contribution in [2.24, 2.45) is 11.3 Å². The summed E-state index contributed by atoms with van der Waals surface area (Å²) in [5.41, 5.74) is 0.399. The first-order valence-electron chi connectivity index (χ1n) is 5.97. The predicted octanol–water partition coefficient (Wildman–Crippen LogP) is 2.27. The van der Waals surface area contributed by atoms with Crippen molar-refractivity contribution < 1.29 is 9.90 Å². The fourth-order valence-electron chi connectivity index (χ4n) is 2.26. The number of hydrogen-bond acceptors (Lipinski definition) is 2. The smallest absolute Gasteiger partial charge is 0.307 e. The molecule has 1 saturated carbocycles. The van der Waals surface area contributed by atoms with E-state index in [0.29, 0.717) is 12.0 Å². The number of nitrogens with one attached hydrogen (secondary N) is 1. The summed E-state index contributed by atoms with van der Waals surface area (Å²) in [6, 6.07) is 0. The largest absolute Gasteiger partial charge is 0.481 e. The molecule has 3 heteroatoms. The van der Waals surface area contributed by atoms with Crippen LogP contribution in [0.1, 0.15) is 46.0 Å². The molecule has 0 spiro atoms. The number of hydrogen-bond donors (Lipinski definition) is 2. The van der Waals surface area contributed by atoms with E-state index in [-0.39, 0.29) is 5.92 Å². The van der Waals surface area contributed by atoms with Crippen LogP contribution >= 0.6 is 0 Å². The average molecular weight is 213 g/mol. The molecule has 1 fully saturated rings. The minimum absolute atomic E-state index is 0.280. The molecule has 15 heavy (non-hydrogen) atoms. The predicted molar refractivity (Wildman–Crippen MR) is 60.9 cm³/mol. The van der Waals surface area contributed by atoms with Gasteiger partial charge in [0, 0.05) is 13.1 Å². The van der Waals surface area contributed by atoms with Gasteiger partial charge in [-0.15, -0.1) is 0 Å². The summed E-state index contributed by atoms with van der Waals surface area (Å²) in [6.45, 7) is 5.61. The van der Waals surface area contributed by atoms with Gasteiger partial charge in [0.05, 0.1) is 5.92 Å². The van der Waals surface area contributed by atoms with Gasteiger partial charge in [-0.1, -0.05) is 33.1 Å². The van der Waals surface area contributed by atoms with Crippen LogP contribution in [-0.2, 0) is 4.79 Å². The lowest BCUT2D eigenvalue weighted by Crippen LogP contribution is -2.36. The van der Waals surface area contributed by atoms with Crippen molar-refractivity contribution in [1.82, 2.24) is 5.32 Å². The second-order valence-corrected chi connectivity index (χ2v) is 5.24. The molecule has 3 nitrogen and oxygen atoms in total. The highest BCUT2D eigenvalue weighted by Crippen LogP contribution is 2.34. The highest BCUT2D eigenvalue weighted by molar-refractivity contribution is 5.69. The Bertz CT molecular complexity index is 210. The summed E-state index contributed by atoms with van der Waals surface area (Å²) in [7, 11) is 0. The SMILES string of the molecule is CC(CNCC1(C)CCCCC1)C(=O)O. The average Bonchev–Trinajstić information content (AvgIpc) is 2.18. The molecule has 88 valence electrons. The third kappa shape index (κ3) is 4.20. The molecule has 2 N–H and O–H groups in total. The standard InChI is InChI=1S/C12H23NO2/c1-10(11(14)15)8-13-9-12(2)6-4-3-5-7-12/h10,13H,3-9H2,1-2H3,(H,14,15). The second-order valence-electron chi connectivity index (χ2n) is 5.24. The third-order valence-corrected chi connectivity index (χ3v) is 3.48. The third-order valence-electron chi connectivity index (χ3n) is 3.48. The lowest BCUT2D eigenvalue weighted by atomic mass is 9.76. The highest BCUT2D eigenvalue weighted by Gasteiger charge is 2.26. The number of carboxylic acids is 1. The summed E-state index contributed by atoms with van der Waals surface area (Å²) in [5, 5.41) is 12.0. The lowest BCUT2D eigenvalue weighted by molar-refractivity contribution is -0.140. The van der Waals surface area contributed by atoms with Gasteiger partial charge < -0.3 is 10.4 Å². The molecule has 1 unspecified atom stereocenters. The minimum atomic E-state index is -0.712. The van der Waals surface area contributed by atoms with Crippen LogP contribution in [0.3, 0.4) is 0 Å². The van der Waals surface area contributed by atoms with Crippen molar-refractivity contribution in [1.29, 1.82) is 0 Å². The van der Waals surface area contributed by atoms with Gasteiger partial charge in [0.25, 0.3) is 0 Å². The van der Waals surface area contributed by atoms with Gasteiger partial charge in [-0.3, -0.25) is 4.79 Å². The van der Waals surface area contributed by atoms with Crippen LogP contribution in [0.25, 0.3) is 0 Å². The van der Waals surface area contributed by atoms with E-state index in [2.05, 4.69) is 12.2 Å². The Morgan fingerprint density at radius 3 is 2.53 bits per heavy atom. The Hall–Kier alpha value is -0.570. The zero-order valence-electron chi connectivity index (χ0n) is 9.88. The zero-order valence-corrected chi connectivity index (χ0v) is 9.88. The molecule has 0 bridgehead atoms. The number of carbonyl (C=O) groups is 1. The molecule has 0 aromatic carbocycles. The van der Waals surface area contributed by atoms with Gasteiger partial charge in [0.1, 0.15) is 0 Å². The zero-order chi connectivity index (χ0) is 11.3. The maximum atomic E-state index is 10.6. The molecule has 0 saturated heterocycles. The molecule has 1 aliphatic carbocycles. The lowest BCUT2D eigenvalue weighted by Gasteiger charge is -2.34. The van der Waals surface area contributed by atoms with Crippen molar-refractivity contribution in [2.75, 3.05) is 13.1 Å². The number of aliphatic carboxylic acids is 1. The first kappa shape index (κ1) is 12.5. The van der Waals surface area contributed by atoms with E-state index < -0.39 is 5.97 Å². The van der Waals surface area contributed by atoms with Crippen LogP contribution in [-0.4, -0.2) is 24.2 Å². The van der Waals surface area contributed by atoms with Crippen molar-refractivity contribution in [3.8, 4) is 0 Å². The molecule has 1 aliphatic rings. The Morgan fingerprint density at radius 2 is 2.00 bits per heavy atom. The van der Waals surface area contributed by atoms with E-state index in [0.717, 1.165) is 6.54 Å². The minimum Gasteiger partial charge on any atom is -0.481 e. The van der Waals surface area contributed by atoms with Crippen LogP contribution < -0.4 is 5.32 Å². The van der Waals surface area contributed by atoms with Gasteiger partial charge in [-0.2, -0.15) is 0 Å². The highest BCUT2D eigenvalue weighted by atomic mass is 16.4. The molecular formula is C12H23NO2. The quantitative estimate of drug-likeness (QED) is 0.736. The Balaban J connectivity index is 2.21. The van der Waals surface area contributed by atoms with Crippen LogP contribution in [0.2, 0.25) is 0 Å². The molecule has 0 aromatic heterocycles. The van der Waals surface area contributed by atoms with E-state index in [9.17, 15) is 4.79 Å². The van der Waals surface area contributed by atoms with Crippen molar-refractivity contribution in [3.63, 3.8) is 0 Å². The molecule has 1 atom stereocenters. The first-order valence-corrected chi connectivity index (χ1v) is 5.97. The first-order chi connectivity index (χ1) is 7.03. The van der Waals surface area contributed by atoms with Gasteiger partial charge in [-0.05, 0) is 18.3 Å². The summed E-state index contributed by atoms with van der Waals surface area (Å²) in [6.07, 6.45) is 6.57. The normalized spacial score (nSPS) is 22.3. The summed E-state index contributed by atoms with van der Waals surface area (Å²) in [5.74, 6) is -0.992. The molecule has 0 amide bonds. The number of carboxylic acid groups (broad SMARTS) is 1. The van der Waals surface area contributed by atoms with E-state index >= 15 is 0 Å². The Labute approximate surface area is 92.3 Å². The molecule has 0 radical (unpaired) electrons. The monoisotopic (exact) mass is 213 g/mol. The molecule has 0 aliphatic heterocycles. The fraction of sp³-hybridized carbons (Fsp3) is 0.917. The molecule has 0 aromatic rings. The molecule has 1 rings (SSSR count). The molecule has 0 heterocycles. The summed E-state index contributed by atoms with van der Waals surface area (Å²) >= 11 is 0. The van der Waals surface area contributed by atoms with E-state index in [1.165, 1.54) is 32.1 Å². The Morgan fingerprint density at radius 1 is 1.40 bits per heavy atom. The maximum Gasteiger partial charge on any atom is 0.307 e. The Kier molecular flexibility index (Phi) is 4.58. The van der Waals surface area contributed by atoms with Gasteiger partial charge in [-0.25, -0.2) is 0 Å². The van der Waals surface area contributed by atoms with E-state index in [4.69, 9.17) is 5.11 Å². The van der Waals surface area contributed by atoms with Gasteiger partial charge in [0.15, 0.2) is 0 Å². The van der Waals surface area contributed by atoms with Crippen molar-refractivity contribution >= 4 is 5.97 Å². The van der Waals surface area contributed by atoms with Crippen LogP contribution in [0, 0.1) is 11.3 Å². The second kappa shape index (κ2) is 5.50. The van der Waals surface area contributed by atoms with Crippen molar-refractivity contribution in [2.45, 2.75) is 46.0 Å². The fourth-order valence-corrected chi connectivity index (χ4v) is 2.26. The van der Waals surface area contributed by atoms with Crippen LogP contribution in [0.4, 0.5) is 0 Å². The van der Waals surface area contributed by atoms with Gasteiger partial charge >= 0.3 is 5.97 Å². The van der Waals surface area contributed by atoms with Crippen LogP contribution in [0.5, 0.6) is 0 Å². The van der Waals surface area contributed by atoms with Gasteiger partial charge in [0.2, 0.25) is 0 Å².